The molecular weight excluding hydrogens is 709 g/mol. The van der Waals surface area contributed by atoms with Crippen LogP contribution in [0.25, 0.3) is 21.9 Å². The number of carboxylic acid groups (broad SMARTS) is 1. The molecule has 0 radical (unpaired) electrons. The number of ether oxygens (including phenoxy) is 2. The van der Waals surface area contributed by atoms with E-state index in [4.69, 9.17) is 14.6 Å². The molecular formula is C44H38N6O6. The lowest BCUT2D eigenvalue weighted by molar-refractivity contribution is 0.0696. The maximum Gasteiger partial charge on any atom is 0.337 e. The monoisotopic (exact) mass is 746 g/mol. The van der Waals surface area contributed by atoms with Gasteiger partial charge in [0.05, 0.1) is 53.8 Å². The molecule has 5 aromatic carbocycles. The number of nitrogens with one attached hydrogen (secondary N) is 2. The van der Waals surface area contributed by atoms with Crippen LogP contribution in [-0.4, -0.2) is 63.5 Å². The fourth-order valence-corrected chi connectivity index (χ4v) is 6.49. The van der Waals surface area contributed by atoms with Gasteiger partial charge in [-0.1, -0.05) is 54.6 Å². The number of pyridine rings is 1. The zero-order chi connectivity index (χ0) is 39.0. The number of amides is 2. The third kappa shape index (κ3) is 8.61. The first kappa shape index (κ1) is 37.1. The average Bonchev–Trinajstić information content (AvgIpc) is 3.23. The molecule has 0 atom stereocenters. The number of carboxylic acids is 1. The van der Waals surface area contributed by atoms with E-state index in [-0.39, 0.29) is 17.2 Å². The number of benzene rings is 5. The van der Waals surface area contributed by atoms with Crippen molar-refractivity contribution in [1.82, 2.24) is 19.9 Å². The van der Waals surface area contributed by atoms with Crippen LogP contribution in [0.15, 0.2) is 128 Å². The number of rotatable bonds is 9. The summed E-state index contributed by atoms with van der Waals surface area (Å²) in [7, 11) is 3.27. The zero-order valence-corrected chi connectivity index (χ0v) is 30.7. The van der Waals surface area contributed by atoms with Crippen LogP contribution in [0.3, 0.4) is 0 Å². The standard InChI is InChI=1S/C34H31N5O4.C10H7NO2/c1-42-31-14-11-22(17-32(31)43-2)20-39-16-15-23-12-13-25(18-24(23)21-39)36-33(40)26-7-3-4-8-27(26)38-34(41)30-19-35-28-9-5-6-10-29(28)37-30;12-10(13)8-5-7-3-1-2-4-9(7)11-6-8/h3-14,17-19H,15-16,20-21H2,1-2H3,(H,36,40)(H,38,41);1-6H,(H,12,13). The Hall–Kier alpha value is -7.18. The fourth-order valence-electron chi connectivity index (χ4n) is 6.49. The quantitative estimate of drug-likeness (QED) is 0.134. The van der Waals surface area contributed by atoms with Crippen molar-refractivity contribution < 1.29 is 29.0 Å². The second-order valence-corrected chi connectivity index (χ2v) is 13.1. The third-order valence-electron chi connectivity index (χ3n) is 9.35. The zero-order valence-electron chi connectivity index (χ0n) is 30.7. The van der Waals surface area contributed by atoms with Gasteiger partial charge in [0, 0.05) is 36.9 Å². The van der Waals surface area contributed by atoms with Crippen molar-refractivity contribution >= 4 is 51.1 Å². The first-order valence-electron chi connectivity index (χ1n) is 17.8. The second kappa shape index (κ2) is 16.9. The molecule has 0 unspecified atom stereocenters. The predicted molar refractivity (Wildman–Crippen MR) is 214 cm³/mol. The van der Waals surface area contributed by atoms with E-state index in [1.54, 1.807) is 50.6 Å². The number of para-hydroxylation sites is 4. The SMILES string of the molecule is COc1ccc(CN2CCc3ccc(NC(=O)c4ccccc4NC(=O)c4cnc5ccccc5n4)cc3C2)cc1OC.O=C(O)c1cnc2ccccc2c1. The minimum absolute atomic E-state index is 0.168. The van der Waals surface area contributed by atoms with Crippen molar-refractivity contribution in [3.8, 4) is 11.5 Å². The molecule has 0 saturated carbocycles. The Morgan fingerprint density at radius 1 is 0.714 bits per heavy atom. The molecule has 12 heteroatoms. The Morgan fingerprint density at radius 2 is 1.45 bits per heavy atom. The summed E-state index contributed by atoms with van der Waals surface area (Å²) in [6, 6.07) is 35.3. The fraction of sp³-hybridized carbons (Fsp3) is 0.136. The van der Waals surface area contributed by atoms with E-state index in [2.05, 4.69) is 42.6 Å². The van der Waals surface area contributed by atoms with E-state index >= 15 is 0 Å². The molecule has 1 aliphatic heterocycles. The van der Waals surface area contributed by atoms with Crippen LogP contribution in [-0.2, 0) is 19.5 Å². The third-order valence-corrected chi connectivity index (χ3v) is 9.35. The van der Waals surface area contributed by atoms with Crippen LogP contribution in [0, 0.1) is 0 Å². The Balaban J connectivity index is 0.000000311. The second-order valence-electron chi connectivity index (χ2n) is 13.1. The van der Waals surface area contributed by atoms with Gasteiger partial charge in [-0.2, -0.15) is 0 Å². The van der Waals surface area contributed by atoms with E-state index in [0.717, 1.165) is 42.5 Å². The van der Waals surface area contributed by atoms with Crippen LogP contribution in [0.5, 0.6) is 11.5 Å². The lowest BCUT2D eigenvalue weighted by atomic mass is 9.98. The van der Waals surface area contributed by atoms with E-state index in [0.29, 0.717) is 39.5 Å². The van der Waals surface area contributed by atoms with Crippen molar-refractivity contribution in [3.05, 3.63) is 161 Å². The highest BCUT2D eigenvalue weighted by atomic mass is 16.5. The molecule has 280 valence electrons. The van der Waals surface area contributed by atoms with E-state index < -0.39 is 11.9 Å². The van der Waals surface area contributed by atoms with Crippen LogP contribution in [0.1, 0.15) is 47.9 Å². The number of fused-ring (bicyclic) bond motifs is 3. The Kier molecular flexibility index (Phi) is 11.2. The minimum Gasteiger partial charge on any atom is -0.493 e. The summed E-state index contributed by atoms with van der Waals surface area (Å²) in [5.74, 6) is -0.290. The molecule has 0 spiro atoms. The normalized spacial score (nSPS) is 12.2. The topological polar surface area (TPSA) is 156 Å². The molecule has 3 heterocycles. The highest BCUT2D eigenvalue weighted by Crippen LogP contribution is 2.30. The van der Waals surface area contributed by atoms with Gasteiger partial charge in [-0.05, 0) is 83.8 Å². The van der Waals surface area contributed by atoms with Crippen LogP contribution in [0.4, 0.5) is 11.4 Å². The lowest BCUT2D eigenvalue weighted by Gasteiger charge is -2.29. The summed E-state index contributed by atoms with van der Waals surface area (Å²) in [6.45, 7) is 2.46. The molecule has 0 fully saturated rings. The number of anilines is 2. The van der Waals surface area contributed by atoms with Gasteiger partial charge in [-0.25, -0.2) is 9.78 Å². The first-order chi connectivity index (χ1) is 27.3. The predicted octanol–water partition coefficient (Wildman–Crippen LogP) is 7.64. The molecule has 3 N–H and O–H groups in total. The largest absolute Gasteiger partial charge is 0.493 e. The average molecular weight is 747 g/mol. The summed E-state index contributed by atoms with van der Waals surface area (Å²) < 4.78 is 10.8. The molecule has 8 rings (SSSR count). The molecule has 12 nitrogen and oxygen atoms in total. The van der Waals surface area contributed by atoms with Crippen molar-refractivity contribution in [2.45, 2.75) is 19.5 Å². The van der Waals surface area contributed by atoms with E-state index in [1.807, 2.05) is 66.7 Å². The maximum absolute atomic E-state index is 13.4. The Morgan fingerprint density at radius 3 is 2.25 bits per heavy atom. The smallest absolute Gasteiger partial charge is 0.337 e. The number of aromatic carboxylic acids is 1. The minimum atomic E-state index is -0.946. The number of aromatic nitrogens is 3. The van der Waals surface area contributed by atoms with Gasteiger partial charge in [0.15, 0.2) is 11.5 Å². The van der Waals surface area contributed by atoms with Gasteiger partial charge in [-0.15, -0.1) is 0 Å². The van der Waals surface area contributed by atoms with Gasteiger partial charge < -0.3 is 25.2 Å². The molecule has 56 heavy (non-hydrogen) atoms. The highest BCUT2D eigenvalue weighted by molar-refractivity contribution is 6.12. The number of hydrogen-bond acceptors (Lipinski definition) is 9. The van der Waals surface area contributed by atoms with Crippen molar-refractivity contribution in [2.75, 3.05) is 31.4 Å². The van der Waals surface area contributed by atoms with Gasteiger partial charge in [0.1, 0.15) is 5.69 Å². The van der Waals surface area contributed by atoms with Gasteiger partial charge in [-0.3, -0.25) is 24.5 Å². The van der Waals surface area contributed by atoms with Crippen LogP contribution < -0.4 is 20.1 Å². The Bertz CT molecular complexity index is 2580. The van der Waals surface area contributed by atoms with Gasteiger partial charge >= 0.3 is 5.97 Å². The number of hydrogen-bond donors (Lipinski definition) is 3. The van der Waals surface area contributed by atoms with Gasteiger partial charge in [0.2, 0.25) is 0 Å². The molecule has 0 saturated heterocycles. The molecule has 1 aliphatic rings. The van der Waals surface area contributed by atoms with Crippen LogP contribution in [0.2, 0.25) is 0 Å². The summed E-state index contributed by atoms with van der Waals surface area (Å²) in [4.78, 5) is 52.1. The van der Waals surface area contributed by atoms with E-state index in [1.165, 1.54) is 23.5 Å². The van der Waals surface area contributed by atoms with Crippen LogP contribution >= 0.6 is 0 Å². The summed E-state index contributed by atoms with van der Waals surface area (Å²) >= 11 is 0. The maximum atomic E-state index is 13.4. The highest BCUT2D eigenvalue weighted by Gasteiger charge is 2.20. The van der Waals surface area contributed by atoms with Crippen molar-refractivity contribution in [3.63, 3.8) is 0 Å². The lowest BCUT2D eigenvalue weighted by Crippen LogP contribution is -2.30. The number of carbonyl (C=O) groups excluding carboxylic acids is 2. The Labute approximate surface area is 322 Å². The number of carbonyl (C=O) groups is 3. The molecule has 0 bridgehead atoms. The van der Waals surface area contributed by atoms with Gasteiger partial charge in [0.25, 0.3) is 11.8 Å². The number of nitrogens with zero attached hydrogens (tertiary/aromatic N) is 4. The molecule has 0 aliphatic carbocycles. The molecule has 2 aromatic heterocycles. The summed E-state index contributed by atoms with van der Waals surface area (Å²) in [5, 5.41) is 15.4. The summed E-state index contributed by atoms with van der Waals surface area (Å²) in [5.41, 5.74) is 7.52. The molecule has 7 aromatic rings. The van der Waals surface area contributed by atoms with E-state index in [9.17, 15) is 14.4 Å². The number of methoxy groups -OCH3 is 2. The first-order valence-corrected chi connectivity index (χ1v) is 17.8. The molecule has 2 amide bonds. The summed E-state index contributed by atoms with van der Waals surface area (Å²) in [6.07, 6.45) is 3.72. The van der Waals surface area contributed by atoms with Crippen molar-refractivity contribution in [1.29, 1.82) is 0 Å². The van der Waals surface area contributed by atoms with Crippen molar-refractivity contribution in [2.24, 2.45) is 0 Å².